The second-order valence-corrected chi connectivity index (χ2v) is 14.1. The van der Waals surface area contributed by atoms with Crippen LogP contribution in [-0.4, -0.2) is 73.1 Å². The maximum absolute atomic E-state index is 14.1. The number of carbonyl (C=O) groups is 2. The van der Waals surface area contributed by atoms with Gasteiger partial charge in [0.1, 0.15) is 11.9 Å². The highest BCUT2D eigenvalue weighted by Gasteiger charge is 2.43. The van der Waals surface area contributed by atoms with E-state index < -0.39 is 27.4 Å². The summed E-state index contributed by atoms with van der Waals surface area (Å²) in [5.41, 5.74) is 0.281. The summed E-state index contributed by atoms with van der Waals surface area (Å²) < 4.78 is 30.9. The van der Waals surface area contributed by atoms with Gasteiger partial charge in [-0.1, -0.05) is 44.0 Å². The van der Waals surface area contributed by atoms with Gasteiger partial charge in [-0.25, -0.2) is 18.2 Å². The number of sulfonamides is 1. The number of aromatic nitrogens is 2. The highest BCUT2D eigenvalue weighted by Crippen LogP contribution is 2.37. The zero-order valence-corrected chi connectivity index (χ0v) is 26.7. The van der Waals surface area contributed by atoms with Crippen molar-refractivity contribution in [3.63, 3.8) is 0 Å². The number of halogens is 2. The third-order valence-corrected chi connectivity index (χ3v) is 8.92. The summed E-state index contributed by atoms with van der Waals surface area (Å²) in [5, 5.41) is 14.0. The van der Waals surface area contributed by atoms with Crippen LogP contribution in [0.25, 0.3) is 16.7 Å². The average molecular weight is 647 g/mol. The summed E-state index contributed by atoms with van der Waals surface area (Å²) in [4.78, 5) is 31.2. The summed E-state index contributed by atoms with van der Waals surface area (Å²) in [5.74, 6) is -0.988. The summed E-state index contributed by atoms with van der Waals surface area (Å²) in [6, 6.07) is 12.5. The molecular formula is C30H33Cl2N5O5S. The van der Waals surface area contributed by atoms with E-state index in [1.165, 1.54) is 24.4 Å². The monoisotopic (exact) mass is 645 g/mol. The predicted octanol–water partition coefficient (Wildman–Crippen LogP) is 5.32. The van der Waals surface area contributed by atoms with Crippen molar-refractivity contribution >= 4 is 61.7 Å². The van der Waals surface area contributed by atoms with Gasteiger partial charge < -0.3 is 19.9 Å². The summed E-state index contributed by atoms with van der Waals surface area (Å²) in [6.45, 7) is 6.20. The van der Waals surface area contributed by atoms with E-state index in [9.17, 15) is 23.1 Å². The van der Waals surface area contributed by atoms with Gasteiger partial charge in [0, 0.05) is 40.9 Å². The standard InChI is InChI=1S/C30H33Cl2N5O5S/c1-30(2,3)27(29(39)40)37(43(41,42)24-16-21(31)15-22(32)17-24)23-7-8-25-19(14-23)10-12-36(25)26-9-6-20(18-34-26)28(38)33-11-13-35(4)5/h6-10,12,14-18,27H,11,13H2,1-5H3,(H,33,38)(H,39,40). The maximum Gasteiger partial charge on any atom is 0.328 e. The summed E-state index contributed by atoms with van der Waals surface area (Å²) in [7, 11) is -0.593. The van der Waals surface area contributed by atoms with Gasteiger partial charge in [0.15, 0.2) is 0 Å². The lowest BCUT2D eigenvalue weighted by Crippen LogP contribution is -2.52. The first kappa shape index (κ1) is 32.3. The molecule has 0 saturated heterocycles. The Balaban J connectivity index is 1.75. The number of carbonyl (C=O) groups excluding carboxylic acids is 1. The van der Waals surface area contributed by atoms with Crippen molar-refractivity contribution in [3.8, 4) is 5.82 Å². The quantitative estimate of drug-likeness (QED) is 0.239. The largest absolute Gasteiger partial charge is 0.480 e. The van der Waals surface area contributed by atoms with Crippen molar-refractivity contribution in [2.24, 2.45) is 5.41 Å². The SMILES string of the molecule is CN(C)CCNC(=O)c1ccc(-n2ccc3cc(N(C(C(=O)O)C(C)(C)C)S(=O)(=O)c4cc(Cl)cc(Cl)c4)ccc32)nc1. The number of benzene rings is 2. The van der Waals surface area contributed by atoms with Crippen LogP contribution in [0, 0.1) is 5.41 Å². The Hall–Kier alpha value is -3.64. The van der Waals surface area contributed by atoms with E-state index in [0.717, 1.165) is 4.31 Å². The summed E-state index contributed by atoms with van der Waals surface area (Å²) in [6.07, 6.45) is 3.26. The fourth-order valence-corrected chi connectivity index (χ4v) is 7.17. The van der Waals surface area contributed by atoms with Gasteiger partial charge in [-0.3, -0.25) is 9.10 Å². The molecule has 4 rings (SSSR count). The number of nitrogens with zero attached hydrogens (tertiary/aromatic N) is 4. The second-order valence-electron chi connectivity index (χ2n) is 11.4. The van der Waals surface area contributed by atoms with Crippen LogP contribution < -0.4 is 9.62 Å². The number of carboxylic acids is 1. The average Bonchev–Trinajstić information content (AvgIpc) is 3.33. The topological polar surface area (TPSA) is 125 Å². The number of rotatable bonds is 10. The Bertz CT molecular complexity index is 1750. The number of amides is 1. The molecule has 228 valence electrons. The number of fused-ring (bicyclic) bond motifs is 1. The minimum absolute atomic E-state index is 0.103. The number of hydrogen-bond acceptors (Lipinski definition) is 6. The Morgan fingerprint density at radius 2 is 1.70 bits per heavy atom. The normalized spacial score (nSPS) is 12.8. The molecular weight excluding hydrogens is 613 g/mol. The van der Waals surface area contributed by atoms with Gasteiger partial charge in [-0.05, 0) is 74.1 Å². The van der Waals surface area contributed by atoms with Gasteiger partial charge >= 0.3 is 5.97 Å². The zero-order chi connectivity index (χ0) is 31.7. The molecule has 1 atom stereocenters. The molecule has 2 N–H and O–H groups in total. The van der Waals surface area contributed by atoms with Crippen LogP contribution in [0.1, 0.15) is 31.1 Å². The zero-order valence-electron chi connectivity index (χ0n) is 24.4. The van der Waals surface area contributed by atoms with Crippen molar-refractivity contribution in [3.05, 3.63) is 82.6 Å². The number of carboxylic acid groups (broad SMARTS) is 1. The van der Waals surface area contributed by atoms with Crippen LogP contribution in [-0.2, 0) is 14.8 Å². The van der Waals surface area contributed by atoms with Crippen LogP contribution >= 0.6 is 23.2 Å². The molecule has 4 aromatic rings. The van der Waals surface area contributed by atoms with Crippen LogP contribution in [0.3, 0.4) is 0 Å². The third-order valence-electron chi connectivity index (χ3n) is 6.71. The van der Waals surface area contributed by atoms with Crippen molar-refractivity contribution < 1.29 is 23.1 Å². The molecule has 13 heteroatoms. The molecule has 1 amide bonds. The smallest absolute Gasteiger partial charge is 0.328 e. The van der Waals surface area contributed by atoms with E-state index in [4.69, 9.17) is 23.2 Å². The highest BCUT2D eigenvalue weighted by molar-refractivity contribution is 7.93. The van der Waals surface area contributed by atoms with E-state index in [-0.39, 0.29) is 26.5 Å². The fourth-order valence-electron chi connectivity index (χ4n) is 4.66. The Kier molecular flexibility index (Phi) is 9.41. The molecule has 0 spiro atoms. The lowest BCUT2D eigenvalue weighted by Gasteiger charge is -2.37. The molecule has 10 nitrogen and oxygen atoms in total. The van der Waals surface area contributed by atoms with E-state index in [0.29, 0.717) is 35.4 Å². The maximum atomic E-state index is 14.1. The van der Waals surface area contributed by atoms with Crippen molar-refractivity contribution in [2.75, 3.05) is 31.5 Å². The van der Waals surface area contributed by atoms with Crippen molar-refractivity contribution in [1.82, 2.24) is 19.8 Å². The number of nitrogens with one attached hydrogen (secondary N) is 1. The first-order valence-electron chi connectivity index (χ1n) is 13.3. The fraction of sp³-hybridized carbons (Fsp3) is 0.300. The van der Waals surface area contributed by atoms with Crippen LogP contribution in [0.2, 0.25) is 10.0 Å². The molecule has 0 bridgehead atoms. The molecule has 0 aliphatic carbocycles. The first-order chi connectivity index (χ1) is 20.1. The molecule has 43 heavy (non-hydrogen) atoms. The highest BCUT2D eigenvalue weighted by atomic mass is 35.5. The van der Waals surface area contributed by atoms with Gasteiger partial charge in [0.2, 0.25) is 0 Å². The van der Waals surface area contributed by atoms with E-state index >= 15 is 0 Å². The number of aliphatic carboxylic acids is 1. The molecule has 2 heterocycles. The van der Waals surface area contributed by atoms with Gasteiger partial charge in [-0.15, -0.1) is 0 Å². The Morgan fingerprint density at radius 3 is 2.26 bits per heavy atom. The molecule has 0 fully saturated rings. The molecule has 0 radical (unpaired) electrons. The second kappa shape index (κ2) is 12.5. The molecule has 2 aromatic carbocycles. The Morgan fingerprint density at radius 1 is 1.02 bits per heavy atom. The van der Waals surface area contributed by atoms with Gasteiger partial charge in [0.25, 0.3) is 15.9 Å². The molecule has 0 saturated carbocycles. The van der Waals surface area contributed by atoms with Crippen LogP contribution in [0.5, 0.6) is 0 Å². The number of likely N-dealkylation sites (N-methyl/N-ethyl adjacent to an activating group) is 1. The minimum atomic E-state index is -4.44. The lowest BCUT2D eigenvalue weighted by molar-refractivity contribution is -0.140. The number of hydrogen-bond donors (Lipinski definition) is 2. The molecule has 1 unspecified atom stereocenters. The van der Waals surface area contributed by atoms with Crippen molar-refractivity contribution in [2.45, 2.75) is 31.7 Å². The number of anilines is 1. The summed E-state index contributed by atoms with van der Waals surface area (Å²) >= 11 is 12.2. The minimum Gasteiger partial charge on any atom is -0.480 e. The molecule has 0 aliphatic heterocycles. The first-order valence-corrected chi connectivity index (χ1v) is 15.5. The van der Waals surface area contributed by atoms with E-state index in [1.54, 1.807) is 67.9 Å². The number of pyridine rings is 1. The lowest BCUT2D eigenvalue weighted by atomic mass is 9.86. The van der Waals surface area contributed by atoms with Crippen LogP contribution in [0.15, 0.2) is 71.9 Å². The van der Waals surface area contributed by atoms with Gasteiger partial charge in [0.05, 0.1) is 21.7 Å². The van der Waals surface area contributed by atoms with Gasteiger partial charge in [-0.2, -0.15) is 0 Å². The molecule has 2 aromatic heterocycles. The van der Waals surface area contributed by atoms with Crippen molar-refractivity contribution in [1.29, 1.82) is 0 Å². The van der Waals surface area contributed by atoms with E-state index in [2.05, 4.69) is 10.3 Å². The molecule has 0 aliphatic rings. The predicted molar refractivity (Wildman–Crippen MR) is 169 cm³/mol. The third kappa shape index (κ3) is 7.13. The van der Waals surface area contributed by atoms with E-state index in [1.807, 2.05) is 19.0 Å². The Labute approximate surface area is 260 Å². The van der Waals surface area contributed by atoms with Crippen LogP contribution in [0.4, 0.5) is 5.69 Å².